The molecule has 1 fully saturated rings. The average molecular weight is 715 g/mol. The van der Waals surface area contributed by atoms with Gasteiger partial charge in [-0.2, -0.15) is 4.31 Å². The number of aryl methyl sites for hydroxylation is 1. The standard InChI is InChI=1S/C40H50N4O6S/c1-29-9-16-35(17-10-29)51(45,46)44-27-39(50-28-31-11-18-38-37(25-31)43(21-23-49-38)20-7-22-47-3)36(32-12-14-34(48-4)15-13-32)26-33(44)24-30(2)42-40-8-5-6-19-41-40/h5-6,8-19,25,30,33,36,39H,7,20-24,26-28H2,1-4H3,(H,41,42)/t30-,33-,36-,39+/m1/s1. The fourth-order valence-electron chi connectivity index (χ4n) is 7.15. The highest BCUT2D eigenvalue weighted by atomic mass is 32.2. The second-order valence-corrected chi connectivity index (χ2v) is 15.4. The summed E-state index contributed by atoms with van der Waals surface area (Å²) in [5.74, 6) is 2.34. The number of hydrogen-bond acceptors (Lipinski definition) is 9. The number of benzene rings is 3. The fraction of sp³-hybridized carbons (Fsp3) is 0.425. The Hall–Kier alpha value is -4.16. The van der Waals surface area contributed by atoms with Gasteiger partial charge in [0.1, 0.15) is 23.9 Å². The van der Waals surface area contributed by atoms with Crippen molar-refractivity contribution in [1.82, 2.24) is 9.29 Å². The molecule has 0 unspecified atom stereocenters. The van der Waals surface area contributed by atoms with Crippen molar-refractivity contribution in [2.75, 3.05) is 57.3 Å². The third-order valence-corrected chi connectivity index (χ3v) is 11.8. The summed E-state index contributed by atoms with van der Waals surface area (Å²) in [5.41, 5.74) is 4.15. The van der Waals surface area contributed by atoms with Gasteiger partial charge in [-0.25, -0.2) is 13.4 Å². The van der Waals surface area contributed by atoms with E-state index in [9.17, 15) is 8.42 Å². The summed E-state index contributed by atoms with van der Waals surface area (Å²) in [7, 11) is -0.472. The SMILES string of the molecule is COCCCN1CCOc2ccc(CO[C@H]3CN(S(=O)(=O)c4ccc(C)cc4)[C@H](C[C@@H](C)Nc4ccccn4)C[C@@H]3c3ccc(OC)cc3)cc21. The summed E-state index contributed by atoms with van der Waals surface area (Å²) in [6, 6.07) is 26.8. The van der Waals surface area contributed by atoms with Gasteiger partial charge in [0.05, 0.1) is 36.9 Å². The van der Waals surface area contributed by atoms with Crippen molar-refractivity contribution in [3.63, 3.8) is 0 Å². The van der Waals surface area contributed by atoms with Crippen molar-refractivity contribution in [1.29, 1.82) is 0 Å². The molecule has 4 aromatic rings. The van der Waals surface area contributed by atoms with E-state index in [0.29, 0.717) is 32.7 Å². The Morgan fingerprint density at radius 1 is 1.02 bits per heavy atom. The second-order valence-electron chi connectivity index (χ2n) is 13.5. The Morgan fingerprint density at radius 2 is 1.82 bits per heavy atom. The van der Waals surface area contributed by atoms with Crippen LogP contribution in [0.15, 0.2) is 96.0 Å². The quantitative estimate of drug-likeness (QED) is 0.136. The Bertz CT molecular complexity index is 1810. The molecular formula is C40H50N4O6S. The molecule has 6 rings (SSSR count). The summed E-state index contributed by atoms with van der Waals surface area (Å²) < 4.78 is 54.2. The van der Waals surface area contributed by atoms with E-state index in [1.807, 2.05) is 61.5 Å². The van der Waals surface area contributed by atoms with E-state index in [1.165, 1.54) is 0 Å². The van der Waals surface area contributed by atoms with E-state index in [0.717, 1.165) is 59.2 Å². The summed E-state index contributed by atoms with van der Waals surface area (Å²) in [5, 5.41) is 3.48. The maximum absolute atomic E-state index is 14.5. The maximum atomic E-state index is 14.5. The van der Waals surface area contributed by atoms with E-state index < -0.39 is 16.1 Å². The lowest BCUT2D eigenvalue weighted by atomic mass is 9.82. The first-order valence-corrected chi connectivity index (χ1v) is 19.2. The molecule has 10 nitrogen and oxygen atoms in total. The minimum atomic E-state index is -3.85. The molecule has 3 heterocycles. The lowest BCUT2D eigenvalue weighted by Crippen LogP contribution is -2.53. The fourth-order valence-corrected chi connectivity index (χ4v) is 8.81. The van der Waals surface area contributed by atoms with Crippen LogP contribution in [0.2, 0.25) is 0 Å². The number of rotatable bonds is 15. The normalized spacial score (nSPS) is 19.9. The first-order chi connectivity index (χ1) is 24.7. The Morgan fingerprint density at radius 3 is 2.55 bits per heavy atom. The molecule has 4 atom stereocenters. The molecule has 0 aliphatic carbocycles. The van der Waals surface area contributed by atoms with Crippen LogP contribution in [0.5, 0.6) is 11.5 Å². The molecule has 51 heavy (non-hydrogen) atoms. The number of aromatic nitrogens is 1. The van der Waals surface area contributed by atoms with E-state index in [1.54, 1.807) is 36.9 Å². The largest absolute Gasteiger partial charge is 0.497 e. The molecule has 0 radical (unpaired) electrons. The first-order valence-electron chi connectivity index (χ1n) is 17.8. The predicted octanol–water partition coefficient (Wildman–Crippen LogP) is 6.66. The Balaban J connectivity index is 1.30. The molecule has 2 aliphatic heterocycles. The first kappa shape index (κ1) is 36.6. The van der Waals surface area contributed by atoms with E-state index in [-0.39, 0.29) is 29.4 Å². The Kier molecular flexibility index (Phi) is 12.1. The van der Waals surface area contributed by atoms with Crippen molar-refractivity contribution in [2.24, 2.45) is 0 Å². The number of nitrogens with zero attached hydrogens (tertiary/aromatic N) is 3. The van der Waals surface area contributed by atoms with Gasteiger partial charge in [-0.15, -0.1) is 0 Å². The van der Waals surface area contributed by atoms with Gasteiger partial charge in [0, 0.05) is 51.0 Å². The number of pyridine rings is 1. The number of anilines is 2. The highest BCUT2D eigenvalue weighted by molar-refractivity contribution is 7.89. The van der Waals surface area contributed by atoms with E-state index in [2.05, 4.69) is 40.3 Å². The number of fused-ring (bicyclic) bond motifs is 1. The predicted molar refractivity (Wildman–Crippen MR) is 200 cm³/mol. The number of sulfonamides is 1. The summed E-state index contributed by atoms with van der Waals surface area (Å²) in [6.07, 6.45) is 3.44. The van der Waals surface area contributed by atoms with Gasteiger partial charge in [-0.3, -0.25) is 0 Å². The van der Waals surface area contributed by atoms with Gasteiger partial charge in [0.25, 0.3) is 0 Å². The van der Waals surface area contributed by atoms with Crippen molar-refractivity contribution in [3.05, 3.63) is 108 Å². The minimum absolute atomic E-state index is 0.0425. The van der Waals surface area contributed by atoms with E-state index >= 15 is 0 Å². The molecule has 0 bridgehead atoms. The maximum Gasteiger partial charge on any atom is 0.243 e. The van der Waals surface area contributed by atoms with Crippen LogP contribution in [0.25, 0.3) is 0 Å². The van der Waals surface area contributed by atoms with E-state index in [4.69, 9.17) is 18.9 Å². The van der Waals surface area contributed by atoms with Gasteiger partial charge in [-0.05, 0) is 92.8 Å². The smallest absolute Gasteiger partial charge is 0.243 e. The molecular weight excluding hydrogens is 665 g/mol. The molecule has 0 spiro atoms. The molecule has 1 saturated heterocycles. The topological polar surface area (TPSA) is 102 Å². The summed E-state index contributed by atoms with van der Waals surface area (Å²) in [6.45, 7) is 7.60. The van der Waals surface area contributed by atoms with Crippen LogP contribution in [0.1, 0.15) is 48.8 Å². The van der Waals surface area contributed by atoms with Gasteiger partial charge in [0.15, 0.2) is 0 Å². The third kappa shape index (κ3) is 9.02. The highest BCUT2D eigenvalue weighted by Gasteiger charge is 2.43. The lowest BCUT2D eigenvalue weighted by Gasteiger charge is -2.44. The summed E-state index contributed by atoms with van der Waals surface area (Å²) >= 11 is 0. The van der Waals surface area contributed by atoms with Crippen molar-refractivity contribution in [3.8, 4) is 11.5 Å². The molecule has 3 aromatic carbocycles. The lowest BCUT2D eigenvalue weighted by molar-refractivity contribution is -0.0211. The zero-order valence-electron chi connectivity index (χ0n) is 30.0. The minimum Gasteiger partial charge on any atom is -0.497 e. The van der Waals surface area contributed by atoms with Crippen molar-refractivity contribution < 1.29 is 27.4 Å². The molecule has 11 heteroatoms. The monoisotopic (exact) mass is 714 g/mol. The highest BCUT2D eigenvalue weighted by Crippen LogP contribution is 2.40. The van der Waals surface area contributed by atoms with Crippen LogP contribution < -0.4 is 19.7 Å². The van der Waals surface area contributed by atoms with Gasteiger partial charge in [-0.1, -0.05) is 42.0 Å². The molecule has 0 amide bonds. The number of piperidine rings is 1. The van der Waals surface area contributed by atoms with Gasteiger partial charge in [0.2, 0.25) is 10.0 Å². The number of hydrogen-bond donors (Lipinski definition) is 1. The summed E-state index contributed by atoms with van der Waals surface area (Å²) in [4.78, 5) is 7.06. The van der Waals surface area contributed by atoms with Gasteiger partial charge < -0.3 is 29.2 Å². The Labute approximate surface area is 302 Å². The van der Waals surface area contributed by atoms with Crippen molar-refractivity contribution in [2.45, 2.75) is 68.7 Å². The van der Waals surface area contributed by atoms with Crippen LogP contribution in [0.4, 0.5) is 11.5 Å². The van der Waals surface area contributed by atoms with Crippen LogP contribution in [0.3, 0.4) is 0 Å². The zero-order valence-corrected chi connectivity index (χ0v) is 30.8. The van der Waals surface area contributed by atoms with Crippen LogP contribution >= 0.6 is 0 Å². The molecule has 1 N–H and O–H groups in total. The van der Waals surface area contributed by atoms with Crippen molar-refractivity contribution >= 4 is 21.5 Å². The van der Waals surface area contributed by atoms with Crippen LogP contribution in [0, 0.1) is 6.92 Å². The zero-order chi connectivity index (χ0) is 35.8. The molecule has 2 aliphatic rings. The molecule has 0 saturated carbocycles. The molecule has 1 aromatic heterocycles. The average Bonchev–Trinajstić information content (AvgIpc) is 3.15. The molecule has 272 valence electrons. The van der Waals surface area contributed by atoms with Crippen LogP contribution in [-0.2, 0) is 26.1 Å². The number of methoxy groups -OCH3 is 2. The van der Waals surface area contributed by atoms with Crippen LogP contribution in [-0.4, -0.2) is 83.0 Å². The number of ether oxygens (including phenoxy) is 4. The number of nitrogens with one attached hydrogen (secondary N) is 1. The second kappa shape index (κ2) is 16.9. The third-order valence-electron chi connectivity index (χ3n) is 9.82. The van der Waals surface area contributed by atoms with Gasteiger partial charge >= 0.3 is 0 Å².